The topological polar surface area (TPSA) is 52.7 Å². The smallest absolute Gasteiger partial charge is 0.242 e. The van der Waals surface area contributed by atoms with Gasteiger partial charge in [0.1, 0.15) is 0 Å². The number of benzene rings is 1. The molecule has 5 nitrogen and oxygen atoms in total. The van der Waals surface area contributed by atoms with Crippen molar-refractivity contribution in [3.63, 3.8) is 0 Å². The molecule has 1 heterocycles. The van der Waals surface area contributed by atoms with Crippen molar-refractivity contribution in [2.75, 3.05) is 32.7 Å². The molecule has 4 saturated carbocycles. The fourth-order valence-electron chi connectivity index (χ4n) is 7.24. The average Bonchev–Trinajstić information content (AvgIpc) is 2.73. The first-order valence-electron chi connectivity index (χ1n) is 12.1. The Hall–Kier alpha value is -1.30. The molecule has 5 aliphatic rings. The molecule has 0 unspecified atom stereocenters. The Bertz CT molecular complexity index is 847. The van der Waals surface area contributed by atoms with Gasteiger partial charge >= 0.3 is 0 Å². The predicted molar refractivity (Wildman–Crippen MR) is 127 cm³/mol. The number of hydrogen-bond acceptors (Lipinski definition) is 3. The molecule has 5 fully saturated rings. The highest BCUT2D eigenvalue weighted by atomic mass is 35.5. The van der Waals surface area contributed by atoms with Crippen LogP contribution in [-0.4, -0.2) is 54.3 Å². The maximum absolute atomic E-state index is 12.7. The molecule has 1 saturated heterocycles. The van der Waals surface area contributed by atoms with Crippen LogP contribution in [0.4, 0.5) is 0 Å². The normalized spacial score (nSPS) is 31.7. The molecule has 0 atom stereocenters. The molecule has 0 radical (unpaired) electrons. The van der Waals surface area contributed by atoms with Crippen molar-refractivity contribution in [2.24, 2.45) is 23.2 Å². The van der Waals surface area contributed by atoms with Gasteiger partial charge in [0.2, 0.25) is 11.8 Å². The SMILES string of the molecule is O=C(CC12CC3CC(CC(C3)C1)C2)NCC(=O)N1CCN(Cc2ccc(Cl)cc2Cl)CC1. The maximum Gasteiger partial charge on any atom is 0.242 e. The monoisotopic (exact) mass is 477 g/mol. The van der Waals surface area contributed by atoms with Gasteiger partial charge in [-0.1, -0.05) is 29.3 Å². The number of amides is 2. The highest BCUT2D eigenvalue weighted by Crippen LogP contribution is 2.61. The van der Waals surface area contributed by atoms with Crippen molar-refractivity contribution in [1.82, 2.24) is 15.1 Å². The maximum atomic E-state index is 12.7. The molecular formula is C25H33Cl2N3O2. The summed E-state index contributed by atoms with van der Waals surface area (Å²) in [7, 11) is 0. The highest BCUT2D eigenvalue weighted by molar-refractivity contribution is 6.35. The lowest BCUT2D eigenvalue weighted by Crippen LogP contribution is -2.51. The van der Waals surface area contributed by atoms with Crippen molar-refractivity contribution in [1.29, 1.82) is 0 Å². The molecule has 1 aliphatic heterocycles. The van der Waals surface area contributed by atoms with Crippen molar-refractivity contribution >= 4 is 35.0 Å². The lowest BCUT2D eigenvalue weighted by atomic mass is 9.49. The summed E-state index contributed by atoms with van der Waals surface area (Å²) in [4.78, 5) is 29.6. The molecule has 1 N–H and O–H groups in total. The van der Waals surface area contributed by atoms with Crippen LogP contribution in [0, 0.1) is 23.2 Å². The van der Waals surface area contributed by atoms with E-state index in [1.807, 2.05) is 17.0 Å². The van der Waals surface area contributed by atoms with Gasteiger partial charge in [0, 0.05) is 49.2 Å². The van der Waals surface area contributed by atoms with Crippen LogP contribution in [0.15, 0.2) is 18.2 Å². The quantitative estimate of drug-likeness (QED) is 0.661. The van der Waals surface area contributed by atoms with Crippen molar-refractivity contribution < 1.29 is 9.59 Å². The van der Waals surface area contributed by atoms with E-state index < -0.39 is 0 Å². The number of halogens is 2. The van der Waals surface area contributed by atoms with Crippen molar-refractivity contribution in [3.8, 4) is 0 Å². The summed E-state index contributed by atoms with van der Waals surface area (Å²) in [6, 6.07) is 5.58. The molecule has 1 aromatic rings. The molecule has 4 bridgehead atoms. The fourth-order valence-corrected chi connectivity index (χ4v) is 7.71. The van der Waals surface area contributed by atoms with E-state index >= 15 is 0 Å². The van der Waals surface area contributed by atoms with E-state index in [9.17, 15) is 9.59 Å². The molecule has 0 aromatic heterocycles. The Morgan fingerprint density at radius 1 is 0.969 bits per heavy atom. The first kappa shape index (κ1) is 22.5. The first-order valence-corrected chi connectivity index (χ1v) is 12.8. The number of rotatable bonds is 6. The minimum absolute atomic E-state index is 0.0213. The van der Waals surface area contributed by atoms with E-state index in [-0.39, 0.29) is 23.8 Å². The van der Waals surface area contributed by atoms with E-state index in [0.717, 1.165) is 43.0 Å². The number of piperazine rings is 1. The largest absolute Gasteiger partial charge is 0.347 e. The van der Waals surface area contributed by atoms with E-state index in [2.05, 4.69) is 10.2 Å². The standard InChI is InChI=1S/C25H33Cl2N3O2/c26-21-2-1-20(22(27)10-21)16-29-3-5-30(6-4-29)24(32)15-28-23(31)14-25-11-17-7-18(12-25)9-19(8-17)13-25/h1-2,10,17-19H,3-9,11-16H2,(H,28,31). The Balaban J connectivity index is 1.05. The Labute approximate surface area is 200 Å². The molecule has 4 aliphatic carbocycles. The van der Waals surface area contributed by atoms with Gasteiger partial charge < -0.3 is 10.2 Å². The van der Waals surface area contributed by atoms with Crippen LogP contribution in [-0.2, 0) is 16.1 Å². The zero-order chi connectivity index (χ0) is 22.3. The molecule has 174 valence electrons. The van der Waals surface area contributed by atoms with E-state index in [4.69, 9.17) is 23.2 Å². The Morgan fingerprint density at radius 2 is 1.59 bits per heavy atom. The number of hydrogen-bond donors (Lipinski definition) is 1. The van der Waals surface area contributed by atoms with Gasteiger partial charge in [-0.05, 0) is 79.4 Å². The van der Waals surface area contributed by atoms with Crippen molar-refractivity contribution in [2.45, 2.75) is 51.5 Å². The van der Waals surface area contributed by atoms with Gasteiger partial charge in [0.05, 0.1) is 6.54 Å². The summed E-state index contributed by atoms with van der Waals surface area (Å²) in [5.74, 6) is 2.61. The predicted octanol–water partition coefficient (Wildman–Crippen LogP) is 4.36. The third-order valence-electron chi connectivity index (χ3n) is 8.27. The van der Waals surface area contributed by atoms with Gasteiger partial charge in [-0.2, -0.15) is 0 Å². The Morgan fingerprint density at radius 3 is 2.19 bits per heavy atom. The molecule has 7 heteroatoms. The number of nitrogens with one attached hydrogen (secondary N) is 1. The second-order valence-corrected chi connectivity index (χ2v) is 11.6. The lowest BCUT2D eigenvalue weighted by molar-refractivity contribution is -0.136. The van der Waals surface area contributed by atoms with E-state index in [1.165, 1.54) is 38.5 Å². The van der Waals surface area contributed by atoms with Crippen LogP contribution in [0.25, 0.3) is 0 Å². The molecule has 32 heavy (non-hydrogen) atoms. The molecule has 0 spiro atoms. The number of nitrogens with zero attached hydrogens (tertiary/aromatic N) is 2. The minimum atomic E-state index is 0.0213. The summed E-state index contributed by atoms with van der Waals surface area (Å²) < 4.78 is 0. The second kappa shape index (κ2) is 9.15. The molecule has 6 rings (SSSR count). The van der Waals surface area contributed by atoms with E-state index in [1.54, 1.807) is 6.07 Å². The van der Waals surface area contributed by atoms with Crippen LogP contribution < -0.4 is 5.32 Å². The molecule has 1 aromatic carbocycles. The summed E-state index contributed by atoms with van der Waals surface area (Å²) in [6.07, 6.45) is 8.43. The van der Waals surface area contributed by atoms with Gasteiger partial charge in [0.15, 0.2) is 0 Å². The van der Waals surface area contributed by atoms with Crippen molar-refractivity contribution in [3.05, 3.63) is 33.8 Å². The fraction of sp³-hybridized carbons (Fsp3) is 0.680. The minimum Gasteiger partial charge on any atom is -0.347 e. The zero-order valence-electron chi connectivity index (χ0n) is 18.6. The molecule has 2 amide bonds. The second-order valence-electron chi connectivity index (χ2n) is 10.8. The summed E-state index contributed by atoms with van der Waals surface area (Å²) in [5, 5.41) is 4.26. The first-order chi connectivity index (χ1) is 15.4. The number of carbonyl (C=O) groups excluding carboxylic acids is 2. The third-order valence-corrected chi connectivity index (χ3v) is 8.86. The third kappa shape index (κ3) is 4.95. The van der Waals surface area contributed by atoms with Crippen LogP contribution in [0.1, 0.15) is 50.5 Å². The molecular weight excluding hydrogens is 445 g/mol. The average molecular weight is 478 g/mol. The van der Waals surface area contributed by atoms with Crippen LogP contribution in [0.3, 0.4) is 0 Å². The summed E-state index contributed by atoms with van der Waals surface area (Å²) in [6.45, 7) is 3.82. The summed E-state index contributed by atoms with van der Waals surface area (Å²) >= 11 is 12.3. The number of carbonyl (C=O) groups is 2. The van der Waals surface area contributed by atoms with Crippen LogP contribution in [0.2, 0.25) is 10.0 Å². The Kier molecular flexibility index (Phi) is 6.43. The highest BCUT2D eigenvalue weighted by Gasteiger charge is 2.51. The van der Waals surface area contributed by atoms with Gasteiger partial charge in [-0.15, -0.1) is 0 Å². The lowest BCUT2D eigenvalue weighted by Gasteiger charge is -2.56. The van der Waals surface area contributed by atoms with Gasteiger partial charge in [0.25, 0.3) is 0 Å². The van der Waals surface area contributed by atoms with Crippen LogP contribution >= 0.6 is 23.2 Å². The van der Waals surface area contributed by atoms with E-state index in [0.29, 0.717) is 29.6 Å². The summed E-state index contributed by atoms with van der Waals surface area (Å²) in [5.41, 5.74) is 1.27. The zero-order valence-corrected chi connectivity index (χ0v) is 20.1. The van der Waals surface area contributed by atoms with Gasteiger partial charge in [-0.3, -0.25) is 14.5 Å². The van der Waals surface area contributed by atoms with Gasteiger partial charge in [-0.25, -0.2) is 0 Å². The van der Waals surface area contributed by atoms with Crippen LogP contribution in [0.5, 0.6) is 0 Å².